The Morgan fingerprint density at radius 1 is 1.35 bits per heavy atom. The number of anilines is 1. The number of fused-ring (bicyclic) bond motifs is 1. The van der Waals surface area contributed by atoms with Crippen molar-refractivity contribution in [2.45, 2.75) is 26.2 Å². The molecule has 0 aliphatic carbocycles. The molecule has 1 aliphatic heterocycles. The quantitative estimate of drug-likeness (QED) is 0.865. The number of piperidine rings is 1. The maximum absolute atomic E-state index is 12.5. The highest BCUT2D eigenvalue weighted by atomic mass is 16.2. The van der Waals surface area contributed by atoms with Crippen molar-refractivity contribution >= 4 is 22.8 Å². The second kappa shape index (κ2) is 6.89. The van der Waals surface area contributed by atoms with Crippen molar-refractivity contribution < 1.29 is 4.79 Å². The molecule has 1 amide bonds. The first-order chi connectivity index (χ1) is 11.2. The third-order valence-electron chi connectivity index (χ3n) is 4.38. The molecule has 1 fully saturated rings. The molecule has 2 aromatic rings. The summed E-state index contributed by atoms with van der Waals surface area (Å²) in [6.07, 6.45) is 8.13. The zero-order valence-electron chi connectivity index (χ0n) is 13.8. The molecule has 122 valence electrons. The SMILES string of the molecule is CCCN(C)C(=O)[C@@H]1CCCN(c2cnc3nccnc3c2)C1. The Bertz CT molecular complexity index is 689. The number of carbonyl (C=O) groups excluding carboxylic acids is 1. The highest BCUT2D eigenvalue weighted by molar-refractivity contribution is 5.80. The van der Waals surface area contributed by atoms with Gasteiger partial charge in [0.05, 0.1) is 17.8 Å². The predicted molar refractivity (Wildman–Crippen MR) is 90.2 cm³/mol. The Balaban J connectivity index is 1.75. The van der Waals surface area contributed by atoms with Gasteiger partial charge in [0.25, 0.3) is 0 Å². The summed E-state index contributed by atoms with van der Waals surface area (Å²) in [5, 5.41) is 0. The van der Waals surface area contributed by atoms with Crippen molar-refractivity contribution in [2.75, 3.05) is 31.6 Å². The summed E-state index contributed by atoms with van der Waals surface area (Å²) in [6.45, 7) is 4.62. The second-order valence-corrected chi connectivity index (χ2v) is 6.14. The van der Waals surface area contributed by atoms with E-state index in [2.05, 4.69) is 26.8 Å². The van der Waals surface area contributed by atoms with Crippen LogP contribution in [0.25, 0.3) is 11.2 Å². The van der Waals surface area contributed by atoms with Crippen LogP contribution in [0.2, 0.25) is 0 Å². The highest BCUT2D eigenvalue weighted by Gasteiger charge is 2.28. The molecule has 1 saturated heterocycles. The van der Waals surface area contributed by atoms with Gasteiger partial charge >= 0.3 is 0 Å². The Morgan fingerprint density at radius 3 is 3.00 bits per heavy atom. The molecule has 23 heavy (non-hydrogen) atoms. The van der Waals surface area contributed by atoms with Crippen LogP contribution in [-0.2, 0) is 4.79 Å². The lowest BCUT2D eigenvalue weighted by molar-refractivity contribution is -0.134. The van der Waals surface area contributed by atoms with Gasteiger partial charge in [0.1, 0.15) is 5.52 Å². The van der Waals surface area contributed by atoms with Crippen molar-refractivity contribution in [3.63, 3.8) is 0 Å². The lowest BCUT2D eigenvalue weighted by Gasteiger charge is -2.35. The summed E-state index contributed by atoms with van der Waals surface area (Å²) in [4.78, 5) is 29.5. The molecule has 0 radical (unpaired) electrons. The summed E-state index contributed by atoms with van der Waals surface area (Å²) in [7, 11) is 1.90. The average molecular weight is 313 g/mol. The Kier molecular flexibility index (Phi) is 4.69. The van der Waals surface area contributed by atoms with Gasteiger partial charge in [-0.15, -0.1) is 0 Å². The number of hydrogen-bond acceptors (Lipinski definition) is 5. The van der Waals surface area contributed by atoms with E-state index in [1.807, 2.05) is 24.2 Å². The van der Waals surface area contributed by atoms with Gasteiger partial charge in [-0.05, 0) is 25.3 Å². The van der Waals surface area contributed by atoms with E-state index in [4.69, 9.17) is 0 Å². The first kappa shape index (κ1) is 15.6. The van der Waals surface area contributed by atoms with E-state index in [0.717, 1.165) is 50.1 Å². The van der Waals surface area contributed by atoms with Gasteiger partial charge in [-0.3, -0.25) is 9.78 Å². The third-order valence-corrected chi connectivity index (χ3v) is 4.38. The number of carbonyl (C=O) groups is 1. The lowest BCUT2D eigenvalue weighted by atomic mass is 9.96. The molecule has 1 aliphatic rings. The van der Waals surface area contributed by atoms with Crippen LogP contribution in [0.1, 0.15) is 26.2 Å². The number of aromatic nitrogens is 3. The first-order valence-electron chi connectivity index (χ1n) is 8.25. The molecule has 0 unspecified atom stereocenters. The van der Waals surface area contributed by atoms with Crippen LogP contribution in [0.3, 0.4) is 0 Å². The Morgan fingerprint density at radius 2 is 2.17 bits per heavy atom. The highest BCUT2D eigenvalue weighted by Crippen LogP contribution is 2.25. The minimum Gasteiger partial charge on any atom is -0.369 e. The molecule has 3 heterocycles. The maximum atomic E-state index is 12.5. The smallest absolute Gasteiger partial charge is 0.227 e. The van der Waals surface area contributed by atoms with Crippen molar-refractivity contribution in [1.29, 1.82) is 0 Å². The fraction of sp³-hybridized carbons (Fsp3) is 0.529. The fourth-order valence-electron chi connectivity index (χ4n) is 3.19. The number of pyridine rings is 1. The van der Waals surface area contributed by atoms with Crippen molar-refractivity contribution in [2.24, 2.45) is 5.92 Å². The molecule has 6 nitrogen and oxygen atoms in total. The van der Waals surface area contributed by atoms with E-state index in [0.29, 0.717) is 5.65 Å². The first-order valence-corrected chi connectivity index (χ1v) is 8.25. The third kappa shape index (κ3) is 3.41. The minimum absolute atomic E-state index is 0.0675. The van der Waals surface area contributed by atoms with Crippen LogP contribution in [-0.4, -0.2) is 52.4 Å². The van der Waals surface area contributed by atoms with Crippen molar-refractivity contribution in [3.8, 4) is 0 Å². The minimum atomic E-state index is 0.0675. The lowest BCUT2D eigenvalue weighted by Crippen LogP contribution is -2.44. The van der Waals surface area contributed by atoms with Gasteiger partial charge in [0, 0.05) is 39.1 Å². The second-order valence-electron chi connectivity index (χ2n) is 6.14. The van der Waals surface area contributed by atoms with E-state index < -0.39 is 0 Å². The van der Waals surface area contributed by atoms with Gasteiger partial charge in [-0.1, -0.05) is 6.92 Å². The molecular weight excluding hydrogens is 290 g/mol. The molecular formula is C17H23N5O. The summed E-state index contributed by atoms with van der Waals surface area (Å²) in [6, 6.07) is 2.01. The molecule has 0 bridgehead atoms. The van der Waals surface area contributed by atoms with Crippen LogP contribution in [0.15, 0.2) is 24.7 Å². The Hall–Kier alpha value is -2.24. The monoisotopic (exact) mass is 313 g/mol. The molecule has 0 spiro atoms. The van der Waals surface area contributed by atoms with Gasteiger partial charge in [0.15, 0.2) is 5.65 Å². The predicted octanol–water partition coefficient (Wildman–Crippen LogP) is 2.11. The van der Waals surface area contributed by atoms with E-state index in [1.165, 1.54) is 0 Å². The zero-order valence-corrected chi connectivity index (χ0v) is 13.8. The van der Waals surface area contributed by atoms with Crippen molar-refractivity contribution in [3.05, 3.63) is 24.7 Å². The summed E-state index contributed by atoms with van der Waals surface area (Å²) in [5.41, 5.74) is 2.47. The summed E-state index contributed by atoms with van der Waals surface area (Å²) >= 11 is 0. The molecule has 2 aromatic heterocycles. The van der Waals surface area contributed by atoms with Gasteiger partial charge < -0.3 is 9.80 Å². The number of hydrogen-bond donors (Lipinski definition) is 0. The largest absolute Gasteiger partial charge is 0.369 e. The van der Waals surface area contributed by atoms with Crippen molar-refractivity contribution in [1.82, 2.24) is 19.9 Å². The molecule has 0 N–H and O–H groups in total. The van der Waals surface area contributed by atoms with E-state index in [-0.39, 0.29) is 11.8 Å². The van der Waals surface area contributed by atoms with Crippen LogP contribution in [0.5, 0.6) is 0 Å². The maximum Gasteiger partial charge on any atom is 0.227 e. The Labute approximate surface area is 136 Å². The number of rotatable bonds is 4. The van der Waals surface area contributed by atoms with E-state index >= 15 is 0 Å². The summed E-state index contributed by atoms with van der Waals surface area (Å²) in [5.74, 6) is 0.322. The van der Waals surface area contributed by atoms with Gasteiger partial charge in [-0.2, -0.15) is 0 Å². The normalized spacial score (nSPS) is 18.2. The zero-order chi connectivity index (χ0) is 16.2. The number of amides is 1. The average Bonchev–Trinajstić information content (AvgIpc) is 2.61. The van der Waals surface area contributed by atoms with E-state index in [9.17, 15) is 4.79 Å². The van der Waals surface area contributed by atoms with Crippen LogP contribution < -0.4 is 4.90 Å². The number of nitrogens with zero attached hydrogens (tertiary/aromatic N) is 5. The van der Waals surface area contributed by atoms with Crippen LogP contribution in [0.4, 0.5) is 5.69 Å². The standard InChI is InChI=1S/C17H23N5O/c1-3-8-21(2)17(23)13-5-4-9-22(12-13)14-10-15-16(20-11-14)19-7-6-18-15/h6-7,10-11,13H,3-5,8-9,12H2,1-2H3/t13-/m1/s1. The summed E-state index contributed by atoms with van der Waals surface area (Å²) < 4.78 is 0. The van der Waals surface area contributed by atoms with Gasteiger partial charge in [0.2, 0.25) is 5.91 Å². The van der Waals surface area contributed by atoms with Gasteiger partial charge in [-0.25, -0.2) is 9.97 Å². The van der Waals surface area contributed by atoms with E-state index in [1.54, 1.807) is 12.4 Å². The molecule has 1 atom stereocenters. The molecule has 6 heteroatoms. The molecule has 0 saturated carbocycles. The molecule has 3 rings (SSSR count). The van der Waals surface area contributed by atoms with Crippen LogP contribution >= 0.6 is 0 Å². The fourth-order valence-corrected chi connectivity index (χ4v) is 3.19. The molecule has 0 aromatic carbocycles. The van der Waals surface area contributed by atoms with Crippen LogP contribution in [0, 0.1) is 5.92 Å². The topological polar surface area (TPSA) is 62.2 Å².